The number of piperidine rings is 1. The molecule has 3 aliphatic rings. The highest BCUT2D eigenvalue weighted by Gasteiger charge is 2.55. The summed E-state index contributed by atoms with van der Waals surface area (Å²) in [5.41, 5.74) is 7.87. The molecule has 1 spiro atoms. The molecule has 6 rings (SSSR count). The van der Waals surface area contributed by atoms with Crippen molar-refractivity contribution in [3.05, 3.63) is 88.7 Å². The van der Waals surface area contributed by atoms with Gasteiger partial charge in [-0.2, -0.15) is 10.2 Å². The van der Waals surface area contributed by atoms with Crippen molar-refractivity contribution in [2.45, 2.75) is 39.3 Å². The zero-order valence-corrected chi connectivity index (χ0v) is 19.7. The quantitative estimate of drug-likeness (QED) is 0.583. The van der Waals surface area contributed by atoms with Crippen LogP contribution in [0.3, 0.4) is 0 Å². The fourth-order valence-corrected chi connectivity index (χ4v) is 6.01. The molecule has 1 unspecified atom stereocenters. The lowest BCUT2D eigenvalue weighted by Crippen LogP contribution is -2.36. The Balaban J connectivity index is 1.14. The van der Waals surface area contributed by atoms with Gasteiger partial charge in [-0.15, -0.1) is 0 Å². The Morgan fingerprint density at radius 1 is 0.970 bits per heavy atom. The average molecular weight is 440 g/mol. The zero-order valence-electron chi connectivity index (χ0n) is 19.7. The van der Waals surface area contributed by atoms with Crippen molar-refractivity contribution in [3.8, 4) is 0 Å². The summed E-state index contributed by atoms with van der Waals surface area (Å²) < 4.78 is 1.90. The number of fused-ring (bicyclic) bond motifs is 1. The third-order valence-corrected chi connectivity index (χ3v) is 8.03. The molecule has 33 heavy (non-hydrogen) atoms. The molecule has 1 aromatic heterocycles. The van der Waals surface area contributed by atoms with Crippen molar-refractivity contribution in [1.29, 1.82) is 0 Å². The maximum absolute atomic E-state index is 5.18. The molecule has 170 valence electrons. The number of nitrogens with zero attached hydrogens (tertiary/aromatic N) is 5. The van der Waals surface area contributed by atoms with E-state index in [9.17, 15) is 0 Å². The van der Waals surface area contributed by atoms with Crippen LogP contribution in [0.2, 0.25) is 0 Å². The van der Waals surface area contributed by atoms with Crippen LogP contribution in [-0.2, 0) is 20.1 Å². The van der Waals surface area contributed by atoms with Crippen LogP contribution in [-0.4, -0.2) is 45.0 Å². The van der Waals surface area contributed by atoms with Crippen LogP contribution < -0.4 is 0 Å². The van der Waals surface area contributed by atoms with E-state index in [0.29, 0.717) is 5.41 Å². The van der Waals surface area contributed by atoms with Gasteiger partial charge in [0.2, 0.25) is 0 Å². The van der Waals surface area contributed by atoms with Crippen molar-refractivity contribution in [2.75, 3.05) is 19.6 Å². The van der Waals surface area contributed by atoms with Gasteiger partial charge in [0.1, 0.15) is 5.71 Å². The summed E-state index contributed by atoms with van der Waals surface area (Å²) in [5, 5.41) is 12.1. The molecule has 2 aliphatic heterocycles. The number of aromatic nitrogens is 2. The van der Waals surface area contributed by atoms with Crippen LogP contribution in [0.25, 0.3) is 0 Å². The summed E-state index contributed by atoms with van der Waals surface area (Å²) in [6.07, 6.45) is 6.12. The summed E-state index contributed by atoms with van der Waals surface area (Å²) in [7, 11) is 1.99. The number of hydrogen-bond acceptors (Lipinski definition) is 4. The first kappa shape index (κ1) is 20.7. The van der Waals surface area contributed by atoms with Crippen molar-refractivity contribution in [1.82, 2.24) is 19.7 Å². The summed E-state index contributed by atoms with van der Waals surface area (Å²) in [4.78, 5) is 2.63. The Hall–Kier alpha value is -2.92. The van der Waals surface area contributed by atoms with Gasteiger partial charge in [0.25, 0.3) is 0 Å². The second kappa shape index (κ2) is 8.14. The first-order valence-electron chi connectivity index (χ1n) is 12.3. The van der Waals surface area contributed by atoms with Crippen LogP contribution in [0.15, 0.2) is 65.9 Å². The largest absolute Gasteiger partial charge is 0.299 e. The standard InChI is InChI=1S/C28H33N5/c1-21-26(20-31(2)29-21)27-25-11-7-6-10-23(25)18-33(30-27)19-24-16-28(24)12-14-32(15-13-28)17-22-8-4-3-5-9-22/h3-11,20,24H,12-19H2,1-2H3. The Kier molecular flexibility index (Phi) is 5.10. The number of hydrogen-bond donors (Lipinski definition) is 0. The van der Waals surface area contributed by atoms with Crippen LogP contribution in [0.1, 0.15) is 47.2 Å². The highest BCUT2D eigenvalue weighted by Crippen LogP contribution is 2.59. The van der Waals surface area contributed by atoms with Crippen molar-refractivity contribution in [3.63, 3.8) is 0 Å². The van der Waals surface area contributed by atoms with Gasteiger partial charge >= 0.3 is 0 Å². The number of rotatable bonds is 5. The van der Waals surface area contributed by atoms with Gasteiger partial charge in [0.05, 0.1) is 12.2 Å². The molecule has 2 fully saturated rings. The molecular formula is C28H33N5. The van der Waals surface area contributed by atoms with Gasteiger partial charge in [-0.1, -0.05) is 54.6 Å². The van der Waals surface area contributed by atoms with Gasteiger partial charge in [-0.05, 0) is 61.7 Å². The molecule has 3 heterocycles. The maximum Gasteiger partial charge on any atom is 0.101 e. The number of likely N-dealkylation sites (tertiary alicyclic amines) is 1. The summed E-state index contributed by atoms with van der Waals surface area (Å²) in [6.45, 7) is 7.58. The summed E-state index contributed by atoms with van der Waals surface area (Å²) >= 11 is 0. The van der Waals surface area contributed by atoms with Gasteiger partial charge in [0, 0.05) is 37.5 Å². The highest BCUT2D eigenvalue weighted by molar-refractivity contribution is 6.14. The molecule has 1 saturated heterocycles. The fourth-order valence-electron chi connectivity index (χ4n) is 6.01. The zero-order chi connectivity index (χ0) is 22.4. The molecule has 0 radical (unpaired) electrons. The molecule has 1 atom stereocenters. The first-order chi connectivity index (χ1) is 16.1. The van der Waals surface area contributed by atoms with Crippen molar-refractivity contribution in [2.24, 2.45) is 23.5 Å². The lowest BCUT2D eigenvalue weighted by Gasteiger charge is -2.34. The predicted octanol–water partition coefficient (Wildman–Crippen LogP) is 4.60. The monoisotopic (exact) mass is 439 g/mol. The van der Waals surface area contributed by atoms with E-state index >= 15 is 0 Å². The summed E-state index contributed by atoms with van der Waals surface area (Å²) in [6, 6.07) is 19.6. The molecule has 5 nitrogen and oxygen atoms in total. The Morgan fingerprint density at radius 2 is 1.73 bits per heavy atom. The van der Waals surface area contributed by atoms with E-state index in [1.54, 1.807) is 0 Å². The lowest BCUT2D eigenvalue weighted by atomic mass is 9.90. The number of hydrazone groups is 1. The number of aryl methyl sites for hydroxylation is 2. The highest BCUT2D eigenvalue weighted by atomic mass is 15.5. The second-order valence-corrected chi connectivity index (χ2v) is 10.3. The van der Waals surface area contributed by atoms with Crippen molar-refractivity contribution < 1.29 is 0 Å². The number of benzene rings is 2. The molecular weight excluding hydrogens is 406 g/mol. The van der Waals surface area contributed by atoms with Crippen LogP contribution in [0.4, 0.5) is 0 Å². The second-order valence-electron chi connectivity index (χ2n) is 10.3. The first-order valence-corrected chi connectivity index (χ1v) is 12.3. The van der Waals surface area contributed by atoms with Crippen molar-refractivity contribution >= 4 is 5.71 Å². The van der Waals surface area contributed by atoms with Crippen LogP contribution in [0.5, 0.6) is 0 Å². The minimum absolute atomic E-state index is 0.546. The minimum atomic E-state index is 0.546. The SMILES string of the molecule is Cc1nn(C)cc1C1=NN(CC2CC23CCN(Cc2ccccc2)CC3)Cc2ccccc21. The van der Waals surface area contributed by atoms with Gasteiger partial charge in [-0.3, -0.25) is 14.6 Å². The van der Waals surface area contributed by atoms with Gasteiger partial charge < -0.3 is 0 Å². The normalized spacial score (nSPS) is 21.7. The maximum atomic E-state index is 5.18. The molecule has 0 bridgehead atoms. The molecule has 0 amide bonds. The average Bonchev–Trinajstić information content (AvgIpc) is 3.36. The Morgan fingerprint density at radius 3 is 2.48 bits per heavy atom. The van der Waals surface area contributed by atoms with E-state index in [2.05, 4.69) is 82.7 Å². The van der Waals surface area contributed by atoms with Gasteiger partial charge in [0.15, 0.2) is 0 Å². The smallest absolute Gasteiger partial charge is 0.101 e. The predicted molar refractivity (Wildman–Crippen MR) is 132 cm³/mol. The van der Waals surface area contributed by atoms with E-state index in [-0.39, 0.29) is 0 Å². The third kappa shape index (κ3) is 3.99. The van der Waals surface area contributed by atoms with Crippen LogP contribution >= 0.6 is 0 Å². The Bertz CT molecular complexity index is 1170. The molecule has 1 saturated carbocycles. The van der Waals surface area contributed by atoms with Crippen LogP contribution in [0, 0.1) is 18.3 Å². The third-order valence-electron chi connectivity index (χ3n) is 8.03. The topological polar surface area (TPSA) is 36.7 Å². The molecule has 0 N–H and O–H groups in total. The molecule has 5 heteroatoms. The summed E-state index contributed by atoms with van der Waals surface area (Å²) in [5.74, 6) is 0.765. The van der Waals surface area contributed by atoms with Gasteiger partial charge in [-0.25, -0.2) is 0 Å². The minimum Gasteiger partial charge on any atom is -0.299 e. The van der Waals surface area contributed by atoms with E-state index in [1.807, 2.05) is 11.7 Å². The molecule has 3 aromatic rings. The molecule has 1 aliphatic carbocycles. The van der Waals surface area contributed by atoms with E-state index in [0.717, 1.165) is 42.5 Å². The van der Waals surface area contributed by atoms with E-state index < -0.39 is 0 Å². The lowest BCUT2D eigenvalue weighted by molar-refractivity contribution is 0.145. The van der Waals surface area contributed by atoms with E-state index in [4.69, 9.17) is 5.10 Å². The van der Waals surface area contributed by atoms with E-state index in [1.165, 1.54) is 49.0 Å². The Labute approximate surface area is 196 Å². The molecule has 2 aromatic carbocycles. The fraction of sp³-hybridized carbons (Fsp3) is 0.429.